The summed E-state index contributed by atoms with van der Waals surface area (Å²) in [6.07, 6.45) is 2.11. The SMILES string of the molecule is C[C@@H](CCc1ccccc1)NCc1ccc(-c2ccccc2F)o1. The van der Waals surface area contributed by atoms with Crippen LogP contribution >= 0.6 is 0 Å². The van der Waals surface area contributed by atoms with Gasteiger partial charge < -0.3 is 9.73 Å². The maximum Gasteiger partial charge on any atom is 0.137 e. The summed E-state index contributed by atoms with van der Waals surface area (Å²) in [5.41, 5.74) is 1.85. The molecule has 2 aromatic carbocycles. The molecule has 1 atom stereocenters. The summed E-state index contributed by atoms with van der Waals surface area (Å²) in [4.78, 5) is 0. The van der Waals surface area contributed by atoms with Crippen LogP contribution in [0.2, 0.25) is 0 Å². The van der Waals surface area contributed by atoms with E-state index in [2.05, 4.69) is 36.5 Å². The standard InChI is InChI=1S/C21H22FNO/c1-16(11-12-17-7-3-2-4-8-17)23-15-18-13-14-21(24-18)19-9-5-6-10-20(19)22/h2-10,13-14,16,23H,11-12,15H2,1H3/t16-/m0/s1. The van der Waals surface area contributed by atoms with E-state index in [1.165, 1.54) is 11.6 Å². The van der Waals surface area contributed by atoms with E-state index >= 15 is 0 Å². The third-order valence-electron chi connectivity index (χ3n) is 4.13. The Labute approximate surface area is 142 Å². The Balaban J connectivity index is 1.51. The maximum absolute atomic E-state index is 13.8. The van der Waals surface area contributed by atoms with Gasteiger partial charge in [0.1, 0.15) is 17.3 Å². The number of hydrogen-bond acceptors (Lipinski definition) is 2. The summed E-state index contributed by atoms with van der Waals surface area (Å²) in [5.74, 6) is 1.13. The molecule has 1 heterocycles. The van der Waals surface area contributed by atoms with Crippen LogP contribution < -0.4 is 5.32 Å². The van der Waals surface area contributed by atoms with Gasteiger partial charge in [-0.3, -0.25) is 0 Å². The number of benzene rings is 2. The molecule has 0 saturated carbocycles. The Kier molecular flexibility index (Phi) is 5.44. The number of halogens is 1. The summed E-state index contributed by atoms with van der Waals surface area (Å²) in [6.45, 7) is 2.81. The van der Waals surface area contributed by atoms with Gasteiger partial charge in [-0.15, -0.1) is 0 Å². The molecule has 0 bridgehead atoms. The van der Waals surface area contributed by atoms with E-state index in [9.17, 15) is 4.39 Å². The second kappa shape index (κ2) is 7.93. The number of furan rings is 1. The Morgan fingerprint density at radius 1 is 0.958 bits per heavy atom. The average molecular weight is 323 g/mol. The predicted molar refractivity (Wildman–Crippen MR) is 95.2 cm³/mol. The molecule has 0 radical (unpaired) electrons. The minimum Gasteiger partial charge on any atom is -0.460 e. The molecule has 2 nitrogen and oxygen atoms in total. The monoisotopic (exact) mass is 323 g/mol. The molecular formula is C21H22FNO. The van der Waals surface area contributed by atoms with E-state index in [0.717, 1.165) is 18.6 Å². The highest BCUT2D eigenvalue weighted by atomic mass is 19.1. The molecule has 0 fully saturated rings. The molecule has 0 saturated heterocycles. The fourth-order valence-electron chi connectivity index (χ4n) is 2.68. The van der Waals surface area contributed by atoms with Crippen molar-refractivity contribution in [3.8, 4) is 11.3 Å². The summed E-state index contributed by atoms with van der Waals surface area (Å²) in [6, 6.07) is 21.3. The van der Waals surface area contributed by atoms with Crippen LogP contribution in [0.25, 0.3) is 11.3 Å². The largest absolute Gasteiger partial charge is 0.460 e. The molecule has 3 heteroatoms. The van der Waals surface area contributed by atoms with Crippen LogP contribution in [0.4, 0.5) is 4.39 Å². The van der Waals surface area contributed by atoms with E-state index in [0.29, 0.717) is 23.9 Å². The van der Waals surface area contributed by atoms with Gasteiger partial charge >= 0.3 is 0 Å². The highest BCUT2D eigenvalue weighted by molar-refractivity contribution is 5.58. The van der Waals surface area contributed by atoms with Crippen molar-refractivity contribution in [2.24, 2.45) is 0 Å². The highest BCUT2D eigenvalue weighted by Gasteiger charge is 2.10. The molecule has 1 N–H and O–H groups in total. The number of hydrogen-bond donors (Lipinski definition) is 1. The number of nitrogens with one attached hydrogen (secondary N) is 1. The molecule has 0 spiro atoms. The molecule has 0 aliphatic rings. The Morgan fingerprint density at radius 3 is 2.50 bits per heavy atom. The van der Waals surface area contributed by atoms with Gasteiger partial charge in [0.25, 0.3) is 0 Å². The Morgan fingerprint density at radius 2 is 1.71 bits per heavy atom. The fraction of sp³-hybridized carbons (Fsp3) is 0.238. The van der Waals surface area contributed by atoms with Crippen molar-refractivity contribution in [3.63, 3.8) is 0 Å². The van der Waals surface area contributed by atoms with Crippen molar-refractivity contribution < 1.29 is 8.81 Å². The van der Waals surface area contributed by atoms with Crippen molar-refractivity contribution in [3.05, 3.63) is 83.9 Å². The smallest absolute Gasteiger partial charge is 0.137 e. The lowest BCUT2D eigenvalue weighted by Crippen LogP contribution is -2.25. The van der Waals surface area contributed by atoms with Crippen LogP contribution in [0, 0.1) is 5.82 Å². The summed E-state index contributed by atoms with van der Waals surface area (Å²) in [5, 5.41) is 3.46. The first-order chi connectivity index (χ1) is 11.7. The van der Waals surface area contributed by atoms with Crippen LogP contribution in [0.15, 0.2) is 71.1 Å². The molecule has 0 unspecified atom stereocenters. The average Bonchev–Trinajstić information content (AvgIpc) is 3.08. The second-order valence-electron chi connectivity index (χ2n) is 6.05. The number of aryl methyl sites for hydroxylation is 1. The van der Waals surface area contributed by atoms with E-state index in [1.54, 1.807) is 12.1 Å². The van der Waals surface area contributed by atoms with Crippen LogP contribution in [0.3, 0.4) is 0 Å². The third-order valence-corrected chi connectivity index (χ3v) is 4.13. The van der Waals surface area contributed by atoms with Gasteiger partial charge in [-0.05, 0) is 49.6 Å². The second-order valence-corrected chi connectivity index (χ2v) is 6.05. The van der Waals surface area contributed by atoms with Gasteiger partial charge in [-0.1, -0.05) is 42.5 Å². The van der Waals surface area contributed by atoms with Crippen molar-refractivity contribution in [2.45, 2.75) is 32.4 Å². The third kappa shape index (κ3) is 4.33. The summed E-state index contributed by atoms with van der Waals surface area (Å²) < 4.78 is 19.5. The van der Waals surface area contributed by atoms with Gasteiger partial charge in [0.2, 0.25) is 0 Å². The van der Waals surface area contributed by atoms with Crippen LogP contribution in [-0.2, 0) is 13.0 Å². The normalized spacial score (nSPS) is 12.2. The molecule has 1 aromatic heterocycles. The summed E-state index contributed by atoms with van der Waals surface area (Å²) >= 11 is 0. The topological polar surface area (TPSA) is 25.2 Å². The first kappa shape index (κ1) is 16.5. The van der Waals surface area contributed by atoms with E-state index in [1.807, 2.05) is 24.3 Å². The zero-order chi connectivity index (χ0) is 16.8. The van der Waals surface area contributed by atoms with Crippen LogP contribution in [-0.4, -0.2) is 6.04 Å². The first-order valence-corrected chi connectivity index (χ1v) is 8.33. The maximum atomic E-state index is 13.8. The van der Waals surface area contributed by atoms with Crippen molar-refractivity contribution >= 4 is 0 Å². The van der Waals surface area contributed by atoms with Gasteiger partial charge in [-0.2, -0.15) is 0 Å². The fourth-order valence-corrected chi connectivity index (χ4v) is 2.68. The van der Waals surface area contributed by atoms with Crippen molar-refractivity contribution in [1.29, 1.82) is 0 Å². The lowest BCUT2D eigenvalue weighted by molar-refractivity contribution is 0.448. The van der Waals surface area contributed by atoms with Gasteiger partial charge in [0.15, 0.2) is 0 Å². The van der Waals surface area contributed by atoms with Gasteiger partial charge in [0.05, 0.1) is 12.1 Å². The van der Waals surface area contributed by atoms with Gasteiger partial charge in [0, 0.05) is 6.04 Å². The van der Waals surface area contributed by atoms with E-state index in [-0.39, 0.29) is 5.82 Å². The molecule has 3 rings (SSSR count). The van der Waals surface area contributed by atoms with Crippen LogP contribution in [0.1, 0.15) is 24.7 Å². The highest BCUT2D eigenvalue weighted by Crippen LogP contribution is 2.24. The van der Waals surface area contributed by atoms with Gasteiger partial charge in [-0.25, -0.2) is 4.39 Å². The van der Waals surface area contributed by atoms with Crippen molar-refractivity contribution in [1.82, 2.24) is 5.32 Å². The molecule has 24 heavy (non-hydrogen) atoms. The quantitative estimate of drug-likeness (QED) is 0.647. The van der Waals surface area contributed by atoms with Crippen molar-refractivity contribution in [2.75, 3.05) is 0 Å². The zero-order valence-electron chi connectivity index (χ0n) is 13.8. The lowest BCUT2D eigenvalue weighted by Gasteiger charge is -2.12. The van der Waals surface area contributed by atoms with E-state index < -0.39 is 0 Å². The molecule has 124 valence electrons. The molecule has 3 aromatic rings. The minimum atomic E-state index is -0.261. The van der Waals surface area contributed by atoms with Crippen LogP contribution in [0.5, 0.6) is 0 Å². The molecule has 0 amide bonds. The predicted octanol–water partition coefficient (Wildman–Crippen LogP) is 5.20. The molecule has 0 aliphatic carbocycles. The van der Waals surface area contributed by atoms with E-state index in [4.69, 9.17) is 4.42 Å². The molecular weight excluding hydrogens is 301 g/mol. The zero-order valence-corrected chi connectivity index (χ0v) is 13.8. The number of rotatable bonds is 7. The summed E-state index contributed by atoms with van der Waals surface area (Å²) in [7, 11) is 0. The Bertz CT molecular complexity index is 766. The molecule has 0 aliphatic heterocycles. The lowest BCUT2D eigenvalue weighted by atomic mass is 10.1. The first-order valence-electron chi connectivity index (χ1n) is 8.33. The minimum absolute atomic E-state index is 0.261. The Hall–Kier alpha value is -2.39.